The standard InChI is InChI=1S/C17H21N5O2S/c1-11(2)16-14(25-21-20-16)8-19-17(24)12-7-15(23)22(9-12)10-13-5-3-4-6-18-13/h3-6,11-12H,7-10H2,1-2H3,(H,19,24). The van der Waals surface area contributed by atoms with E-state index < -0.39 is 0 Å². The molecule has 3 rings (SSSR count). The van der Waals surface area contributed by atoms with Crippen LogP contribution in [0.2, 0.25) is 0 Å². The average molecular weight is 359 g/mol. The lowest BCUT2D eigenvalue weighted by Crippen LogP contribution is -2.32. The number of carbonyl (C=O) groups is 2. The third-order valence-corrected chi connectivity index (χ3v) is 4.96. The molecule has 3 heterocycles. The number of rotatable bonds is 6. The van der Waals surface area contributed by atoms with Crippen LogP contribution in [0.4, 0.5) is 0 Å². The van der Waals surface area contributed by atoms with Gasteiger partial charge in [-0.1, -0.05) is 24.4 Å². The van der Waals surface area contributed by atoms with Crippen molar-refractivity contribution in [1.82, 2.24) is 24.8 Å². The second-order valence-electron chi connectivity index (χ2n) is 6.45. The van der Waals surface area contributed by atoms with Crippen molar-refractivity contribution in [3.8, 4) is 0 Å². The zero-order valence-corrected chi connectivity index (χ0v) is 15.1. The molecule has 0 aliphatic carbocycles. The van der Waals surface area contributed by atoms with E-state index in [4.69, 9.17) is 0 Å². The van der Waals surface area contributed by atoms with Crippen molar-refractivity contribution in [1.29, 1.82) is 0 Å². The maximum Gasteiger partial charge on any atom is 0.225 e. The third kappa shape index (κ3) is 4.19. The molecule has 1 aliphatic heterocycles. The Kier molecular flexibility index (Phi) is 5.37. The van der Waals surface area contributed by atoms with Gasteiger partial charge in [0, 0.05) is 19.2 Å². The molecule has 0 saturated carbocycles. The van der Waals surface area contributed by atoms with Crippen molar-refractivity contribution in [2.75, 3.05) is 6.54 Å². The van der Waals surface area contributed by atoms with E-state index in [-0.39, 0.29) is 30.1 Å². The van der Waals surface area contributed by atoms with Crippen molar-refractivity contribution in [2.45, 2.75) is 39.3 Å². The summed E-state index contributed by atoms with van der Waals surface area (Å²) in [7, 11) is 0. The minimum atomic E-state index is -0.320. The molecule has 0 radical (unpaired) electrons. The van der Waals surface area contributed by atoms with Crippen LogP contribution in [0.3, 0.4) is 0 Å². The number of aromatic nitrogens is 3. The molecule has 132 valence electrons. The number of amides is 2. The number of nitrogens with zero attached hydrogens (tertiary/aromatic N) is 4. The summed E-state index contributed by atoms with van der Waals surface area (Å²) < 4.78 is 3.96. The lowest BCUT2D eigenvalue weighted by atomic mass is 10.1. The van der Waals surface area contributed by atoms with E-state index in [2.05, 4.69) is 19.9 Å². The number of hydrogen-bond acceptors (Lipinski definition) is 6. The quantitative estimate of drug-likeness (QED) is 0.848. The summed E-state index contributed by atoms with van der Waals surface area (Å²) in [6.45, 7) is 5.38. The maximum atomic E-state index is 12.4. The van der Waals surface area contributed by atoms with Gasteiger partial charge in [-0.15, -0.1) is 5.10 Å². The summed E-state index contributed by atoms with van der Waals surface area (Å²) in [5.41, 5.74) is 1.75. The monoisotopic (exact) mass is 359 g/mol. The molecule has 7 nitrogen and oxygen atoms in total. The molecule has 2 aromatic heterocycles. The van der Waals surface area contributed by atoms with Crippen LogP contribution < -0.4 is 5.32 Å². The lowest BCUT2D eigenvalue weighted by Gasteiger charge is -2.16. The van der Waals surface area contributed by atoms with Gasteiger partial charge in [0.1, 0.15) is 0 Å². The van der Waals surface area contributed by atoms with E-state index in [9.17, 15) is 9.59 Å². The summed E-state index contributed by atoms with van der Waals surface area (Å²) in [4.78, 5) is 31.5. The van der Waals surface area contributed by atoms with Crippen LogP contribution in [-0.2, 0) is 22.7 Å². The molecule has 0 spiro atoms. The Bertz CT molecular complexity index is 747. The van der Waals surface area contributed by atoms with Crippen molar-refractivity contribution in [3.05, 3.63) is 40.7 Å². The molecule has 1 fully saturated rings. The fourth-order valence-electron chi connectivity index (χ4n) is 2.88. The van der Waals surface area contributed by atoms with Crippen molar-refractivity contribution >= 4 is 23.3 Å². The fourth-order valence-corrected chi connectivity index (χ4v) is 3.61. The average Bonchev–Trinajstić information content (AvgIpc) is 3.21. The van der Waals surface area contributed by atoms with Crippen LogP contribution >= 0.6 is 11.5 Å². The second-order valence-corrected chi connectivity index (χ2v) is 7.29. The topological polar surface area (TPSA) is 88.1 Å². The molecular weight excluding hydrogens is 338 g/mol. The van der Waals surface area contributed by atoms with Crippen LogP contribution in [0.5, 0.6) is 0 Å². The highest BCUT2D eigenvalue weighted by Crippen LogP contribution is 2.22. The summed E-state index contributed by atoms with van der Waals surface area (Å²) >= 11 is 1.30. The van der Waals surface area contributed by atoms with Gasteiger partial charge < -0.3 is 10.2 Å². The summed E-state index contributed by atoms with van der Waals surface area (Å²) in [5.74, 6) is -0.153. The lowest BCUT2D eigenvalue weighted by molar-refractivity contribution is -0.129. The smallest absolute Gasteiger partial charge is 0.225 e. The van der Waals surface area contributed by atoms with Gasteiger partial charge in [-0.25, -0.2) is 0 Å². The number of likely N-dealkylation sites (tertiary alicyclic amines) is 1. The summed E-state index contributed by atoms with van der Waals surface area (Å²) in [6.07, 6.45) is 1.95. The first kappa shape index (κ1) is 17.5. The van der Waals surface area contributed by atoms with Gasteiger partial charge in [0.25, 0.3) is 0 Å². The largest absolute Gasteiger partial charge is 0.351 e. The Morgan fingerprint density at radius 1 is 1.44 bits per heavy atom. The van der Waals surface area contributed by atoms with E-state index in [0.717, 1.165) is 16.3 Å². The highest BCUT2D eigenvalue weighted by atomic mass is 32.1. The Labute approximate surface area is 150 Å². The SMILES string of the molecule is CC(C)c1nnsc1CNC(=O)C1CC(=O)N(Cc2ccccn2)C1. The Morgan fingerprint density at radius 3 is 3.00 bits per heavy atom. The number of nitrogens with one attached hydrogen (secondary N) is 1. The third-order valence-electron chi connectivity index (χ3n) is 4.22. The van der Waals surface area contributed by atoms with Crippen molar-refractivity contribution < 1.29 is 9.59 Å². The van der Waals surface area contributed by atoms with E-state index in [1.54, 1.807) is 11.1 Å². The van der Waals surface area contributed by atoms with E-state index >= 15 is 0 Å². The predicted molar refractivity (Wildman–Crippen MR) is 93.6 cm³/mol. The highest BCUT2D eigenvalue weighted by molar-refractivity contribution is 7.05. The first-order valence-electron chi connectivity index (χ1n) is 8.31. The van der Waals surface area contributed by atoms with Gasteiger partial charge in [0.15, 0.2) is 0 Å². The minimum Gasteiger partial charge on any atom is -0.351 e. The molecule has 1 unspecified atom stereocenters. The van der Waals surface area contributed by atoms with Crippen LogP contribution in [0.25, 0.3) is 0 Å². The molecule has 8 heteroatoms. The van der Waals surface area contributed by atoms with Crippen LogP contribution in [0, 0.1) is 5.92 Å². The predicted octanol–water partition coefficient (Wildman–Crippen LogP) is 1.72. The van der Waals surface area contributed by atoms with Gasteiger partial charge >= 0.3 is 0 Å². The first-order valence-corrected chi connectivity index (χ1v) is 9.08. The number of carbonyl (C=O) groups excluding carboxylic acids is 2. The van der Waals surface area contributed by atoms with Gasteiger partial charge in [-0.05, 0) is 29.6 Å². The van der Waals surface area contributed by atoms with E-state index in [1.165, 1.54) is 11.5 Å². The zero-order chi connectivity index (χ0) is 17.8. The minimum absolute atomic E-state index is 0.00636. The second kappa shape index (κ2) is 7.69. The van der Waals surface area contributed by atoms with Crippen LogP contribution in [0.1, 0.15) is 42.5 Å². The molecule has 2 aromatic rings. The number of pyridine rings is 1. The molecule has 0 aromatic carbocycles. The molecule has 0 bridgehead atoms. The van der Waals surface area contributed by atoms with Gasteiger partial charge in [-0.3, -0.25) is 14.6 Å². The molecule has 25 heavy (non-hydrogen) atoms. The van der Waals surface area contributed by atoms with Crippen LogP contribution in [0.15, 0.2) is 24.4 Å². The van der Waals surface area contributed by atoms with Gasteiger partial charge in [0.2, 0.25) is 11.8 Å². The molecule has 1 saturated heterocycles. The molecular formula is C17H21N5O2S. The first-order chi connectivity index (χ1) is 12.0. The molecule has 1 atom stereocenters. The Hall–Kier alpha value is -2.35. The van der Waals surface area contributed by atoms with Crippen LogP contribution in [-0.4, -0.2) is 37.8 Å². The van der Waals surface area contributed by atoms with Crippen molar-refractivity contribution in [3.63, 3.8) is 0 Å². The molecule has 1 N–H and O–H groups in total. The normalized spacial score (nSPS) is 17.3. The Morgan fingerprint density at radius 2 is 2.28 bits per heavy atom. The molecule has 1 aliphatic rings. The maximum absolute atomic E-state index is 12.4. The van der Waals surface area contributed by atoms with Crippen molar-refractivity contribution in [2.24, 2.45) is 5.92 Å². The molecule has 2 amide bonds. The fraction of sp³-hybridized carbons (Fsp3) is 0.471. The summed E-state index contributed by atoms with van der Waals surface area (Å²) in [5, 5.41) is 7.03. The summed E-state index contributed by atoms with van der Waals surface area (Å²) in [6, 6.07) is 5.61. The number of hydrogen-bond donors (Lipinski definition) is 1. The highest BCUT2D eigenvalue weighted by Gasteiger charge is 2.34. The van der Waals surface area contributed by atoms with Gasteiger partial charge in [-0.2, -0.15) is 0 Å². The Balaban J connectivity index is 1.55. The zero-order valence-electron chi connectivity index (χ0n) is 14.3. The van der Waals surface area contributed by atoms with Gasteiger partial charge in [0.05, 0.1) is 35.3 Å². The van der Waals surface area contributed by atoms with E-state index in [1.807, 2.05) is 32.0 Å². The van der Waals surface area contributed by atoms with E-state index in [0.29, 0.717) is 19.6 Å².